The van der Waals surface area contributed by atoms with E-state index in [1.807, 2.05) is 37.3 Å². The Morgan fingerprint density at radius 1 is 1.00 bits per heavy atom. The van der Waals surface area contributed by atoms with Gasteiger partial charge in [-0.3, -0.25) is 0 Å². The normalized spacial score (nSPS) is 11.5. The third-order valence-corrected chi connectivity index (χ3v) is 5.16. The van der Waals surface area contributed by atoms with Gasteiger partial charge in [0, 0.05) is 21.3 Å². The first-order chi connectivity index (χ1) is 12.9. The van der Waals surface area contributed by atoms with E-state index in [9.17, 15) is 9.60 Å². The highest BCUT2D eigenvalue weighted by Gasteiger charge is 2.17. The first-order valence-corrected chi connectivity index (χ1v) is 9.38. The lowest BCUT2D eigenvalue weighted by molar-refractivity contribution is 0.319. The molecule has 3 aromatic rings. The van der Waals surface area contributed by atoms with Crippen molar-refractivity contribution in [1.29, 1.82) is 0 Å². The Balaban J connectivity index is 2.03. The molecule has 0 amide bonds. The van der Waals surface area contributed by atoms with Crippen LogP contribution >= 0.6 is 27.5 Å². The first kappa shape index (κ1) is 19.4. The van der Waals surface area contributed by atoms with Crippen molar-refractivity contribution in [2.75, 3.05) is 5.32 Å². The number of aryl methyl sites for hydroxylation is 2. The van der Waals surface area contributed by atoms with E-state index in [1.165, 1.54) is 12.1 Å². The fourth-order valence-corrected chi connectivity index (χ4v) is 3.61. The largest absolute Gasteiger partial charge is 0.410 e. The zero-order chi connectivity index (χ0) is 19.6. The highest BCUT2D eigenvalue weighted by Crippen LogP contribution is 2.32. The Labute approximate surface area is 170 Å². The summed E-state index contributed by atoms with van der Waals surface area (Å²) in [5.41, 5.74) is 4.75. The average Bonchev–Trinajstić information content (AvgIpc) is 2.62. The maximum atomic E-state index is 13.4. The van der Waals surface area contributed by atoms with E-state index < -0.39 is 0 Å². The Morgan fingerprint density at radius 3 is 2.44 bits per heavy atom. The first-order valence-electron chi connectivity index (χ1n) is 8.21. The number of nitrogens with zero attached hydrogens (tertiary/aromatic N) is 1. The van der Waals surface area contributed by atoms with E-state index in [4.69, 9.17) is 11.6 Å². The Morgan fingerprint density at radius 2 is 1.78 bits per heavy atom. The highest BCUT2D eigenvalue weighted by molar-refractivity contribution is 9.10. The van der Waals surface area contributed by atoms with Gasteiger partial charge in [0.1, 0.15) is 11.5 Å². The molecular weight excluding hydrogens is 431 g/mol. The number of benzene rings is 3. The summed E-state index contributed by atoms with van der Waals surface area (Å²) in [4.78, 5) is 0. The fraction of sp³-hybridized carbons (Fsp3) is 0.0952. The summed E-state index contributed by atoms with van der Waals surface area (Å²) in [7, 11) is 0. The average molecular weight is 448 g/mol. The lowest BCUT2D eigenvalue weighted by atomic mass is 9.97. The molecule has 0 bridgehead atoms. The van der Waals surface area contributed by atoms with Crippen LogP contribution in [0.4, 0.5) is 15.8 Å². The van der Waals surface area contributed by atoms with Crippen molar-refractivity contribution in [3.8, 4) is 0 Å². The Kier molecular flexibility index (Phi) is 5.82. The molecule has 0 spiro atoms. The minimum absolute atomic E-state index is 0.286. The minimum atomic E-state index is -0.347. The molecule has 3 aromatic carbocycles. The standard InChI is InChI=1S/C21H17BrClFN2O/c1-12-11-15(24)7-8-16(12)21(26-27)17-4-3-5-19(20(17)23)25-18-9-6-14(22)10-13(18)2/h3-11,25,27H,1-2H3. The van der Waals surface area contributed by atoms with Gasteiger partial charge in [0.05, 0.1) is 10.7 Å². The van der Waals surface area contributed by atoms with E-state index in [-0.39, 0.29) is 11.5 Å². The molecule has 6 heteroatoms. The van der Waals surface area contributed by atoms with Gasteiger partial charge in [-0.2, -0.15) is 0 Å². The zero-order valence-corrected chi connectivity index (χ0v) is 17.1. The minimum Gasteiger partial charge on any atom is -0.410 e. The van der Waals surface area contributed by atoms with Gasteiger partial charge in [0.15, 0.2) is 0 Å². The van der Waals surface area contributed by atoms with Crippen molar-refractivity contribution < 1.29 is 9.60 Å². The second-order valence-corrected chi connectivity index (χ2v) is 7.45. The summed E-state index contributed by atoms with van der Waals surface area (Å²) in [6.07, 6.45) is 0. The van der Waals surface area contributed by atoms with Crippen LogP contribution in [0, 0.1) is 19.7 Å². The van der Waals surface area contributed by atoms with Crippen molar-refractivity contribution in [1.82, 2.24) is 0 Å². The number of rotatable bonds is 4. The van der Waals surface area contributed by atoms with Gasteiger partial charge < -0.3 is 10.5 Å². The predicted molar refractivity (Wildman–Crippen MR) is 112 cm³/mol. The summed E-state index contributed by atoms with van der Waals surface area (Å²) >= 11 is 10.1. The van der Waals surface area contributed by atoms with Crippen LogP contribution in [0.5, 0.6) is 0 Å². The summed E-state index contributed by atoms with van der Waals surface area (Å²) < 4.78 is 14.4. The highest BCUT2D eigenvalue weighted by atomic mass is 79.9. The number of nitrogens with one attached hydrogen (secondary N) is 1. The van der Waals surface area contributed by atoms with E-state index in [0.29, 0.717) is 27.4 Å². The number of hydrogen-bond donors (Lipinski definition) is 2. The number of oxime groups is 1. The smallest absolute Gasteiger partial charge is 0.123 e. The molecule has 0 heterocycles. The SMILES string of the molecule is Cc1cc(Br)ccc1Nc1cccc(C(=NO)c2ccc(F)cc2C)c1Cl. The van der Waals surface area contributed by atoms with Crippen LogP contribution in [0.25, 0.3) is 0 Å². The topological polar surface area (TPSA) is 44.6 Å². The van der Waals surface area contributed by atoms with Gasteiger partial charge in [-0.05, 0) is 67.4 Å². The van der Waals surface area contributed by atoms with Gasteiger partial charge in [0.25, 0.3) is 0 Å². The van der Waals surface area contributed by atoms with E-state index in [1.54, 1.807) is 19.1 Å². The molecule has 0 unspecified atom stereocenters. The third-order valence-electron chi connectivity index (χ3n) is 4.26. The summed E-state index contributed by atoms with van der Waals surface area (Å²) in [5, 5.41) is 16.8. The van der Waals surface area contributed by atoms with Crippen LogP contribution in [-0.4, -0.2) is 10.9 Å². The van der Waals surface area contributed by atoms with Crippen LogP contribution < -0.4 is 5.32 Å². The van der Waals surface area contributed by atoms with Crippen molar-refractivity contribution in [2.24, 2.45) is 5.16 Å². The van der Waals surface area contributed by atoms with Gasteiger partial charge >= 0.3 is 0 Å². The predicted octanol–water partition coefficient (Wildman–Crippen LogP) is 6.83. The number of anilines is 2. The Bertz CT molecular complexity index is 1040. The second-order valence-electron chi connectivity index (χ2n) is 6.16. The number of halogens is 3. The molecule has 0 atom stereocenters. The van der Waals surface area contributed by atoms with E-state index in [2.05, 4.69) is 26.4 Å². The number of hydrogen-bond acceptors (Lipinski definition) is 3. The molecule has 0 fully saturated rings. The van der Waals surface area contributed by atoms with Crippen LogP contribution in [0.1, 0.15) is 22.3 Å². The molecule has 138 valence electrons. The molecule has 2 N–H and O–H groups in total. The Hall–Kier alpha value is -2.37. The summed E-state index contributed by atoms with van der Waals surface area (Å²) in [6, 6.07) is 15.6. The van der Waals surface area contributed by atoms with Gasteiger partial charge in [0.2, 0.25) is 0 Å². The van der Waals surface area contributed by atoms with E-state index >= 15 is 0 Å². The van der Waals surface area contributed by atoms with Crippen molar-refractivity contribution in [2.45, 2.75) is 13.8 Å². The van der Waals surface area contributed by atoms with Gasteiger partial charge in [-0.25, -0.2) is 4.39 Å². The van der Waals surface area contributed by atoms with Crippen LogP contribution in [0.15, 0.2) is 64.2 Å². The molecule has 0 saturated carbocycles. The lowest BCUT2D eigenvalue weighted by Gasteiger charge is -2.15. The monoisotopic (exact) mass is 446 g/mol. The van der Waals surface area contributed by atoms with Crippen LogP contribution in [-0.2, 0) is 0 Å². The maximum absolute atomic E-state index is 13.4. The zero-order valence-electron chi connectivity index (χ0n) is 14.7. The molecule has 0 radical (unpaired) electrons. The van der Waals surface area contributed by atoms with Crippen molar-refractivity contribution >= 4 is 44.6 Å². The molecule has 0 aliphatic rings. The van der Waals surface area contributed by atoms with Gasteiger partial charge in [-0.1, -0.05) is 44.8 Å². The maximum Gasteiger partial charge on any atom is 0.123 e. The fourth-order valence-electron chi connectivity index (χ4n) is 2.87. The van der Waals surface area contributed by atoms with E-state index in [0.717, 1.165) is 15.7 Å². The van der Waals surface area contributed by atoms with Crippen molar-refractivity contribution in [3.05, 3.63) is 92.2 Å². The summed E-state index contributed by atoms with van der Waals surface area (Å²) in [6.45, 7) is 3.75. The van der Waals surface area contributed by atoms with Gasteiger partial charge in [-0.15, -0.1) is 0 Å². The molecule has 0 aliphatic carbocycles. The quantitative estimate of drug-likeness (QED) is 0.261. The second kappa shape index (κ2) is 8.11. The van der Waals surface area contributed by atoms with Crippen molar-refractivity contribution in [3.63, 3.8) is 0 Å². The lowest BCUT2D eigenvalue weighted by Crippen LogP contribution is -2.08. The molecule has 27 heavy (non-hydrogen) atoms. The molecular formula is C21H17BrClFN2O. The molecule has 0 saturated heterocycles. The molecule has 3 nitrogen and oxygen atoms in total. The summed E-state index contributed by atoms with van der Waals surface area (Å²) in [5.74, 6) is -0.347. The molecule has 0 aliphatic heterocycles. The van der Waals surface area contributed by atoms with Crippen LogP contribution in [0.3, 0.4) is 0 Å². The third kappa shape index (κ3) is 4.15. The van der Waals surface area contributed by atoms with Crippen LogP contribution in [0.2, 0.25) is 5.02 Å². The molecule has 0 aromatic heterocycles. The molecule has 3 rings (SSSR count).